The number of carboxylic acids is 1. The molecule has 1 saturated carbocycles. The van der Waals surface area contributed by atoms with E-state index in [0.29, 0.717) is 12.8 Å². The normalized spacial score (nSPS) is 16.2. The molecule has 3 rings (SSSR count). The number of amides is 1. The first-order valence-electron chi connectivity index (χ1n) is 6.10. The van der Waals surface area contributed by atoms with E-state index in [4.69, 9.17) is 5.11 Å². The molecule has 0 saturated heterocycles. The summed E-state index contributed by atoms with van der Waals surface area (Å²) in [5.74, 6) is -1.15. The highest BCUT2D eigenvalue weighted by Crippen LogP contribution is 2.35. The van der Waals surface area contributed by atoms with E-state index in [-0.39, 0.29) is 12.3 Å². The molecule has 1 aromatic heterocycles. The van der Waals surface area contributed by atoms with Gasteiger partial charge in [-0.25, -0.2) is 4.79 Å². The molecule has 1 aliphatic rings. The molecule has 19 heavy (non-hydrogen) atoms. The van der Waals surface area contributed by atoms with Crippen LogP contribution in [0.2, 0.25) is 0 Å². The molecule has 5 heteroatoms. The summed E-state index contributed by atoms with van der Waals surface area (Å²) in [4.78, 5) is 23.0. The third kappa shape index (κ3) is 2.21. The Morgan fingerprint density at radius 2 is 2.05 bits per heavy atom. The van der Waals surface area contributed by atoms with Crippen LogP contribution in [0.5, 0.6) is 0 Å². The molecule has 1 heterocycles. The lowest BCUT2D eigenvalue weighted by Gasteiger charge is -2.11. The van der Waals surface area contributed by atoms with Gasteiger partial charge in [-0.05, 0) is 35.2 Å². The van der Waals surface area contributed by atoms with E-state index < -0.39 is 11.5 Å². The summed E-state index contributed by atoms with van der Waals surface area (Å²) in [6, 6.07) is 7.90. The minimum absolute atomic E-state index is 0.219. The molecule has 4 nitrogen and oxygen atoms in total. The Bertz CT molecular complexity index is 658. The summed E-state index contributed by atoms with van der Waals surface area (Å²) < 4.78 is 1.14. The molecule has 0 aliphatic heterocycles. The van der Waals surface area contributed by atoms with Gasteiger partial charge in [0, 0.05) is 4.70 Å². The fraction of sp³-hybridized carbons (Fsp3) is 0.286. The summed E-state index contributed by atoms with van der Waals surface area (Å²) >= 11 is 1.60. The third-order valence-corrected chi connectivity index (χ3v) is 4.46. The van der Waals surface area contributed by atoms with Crippen LogP contribution >= 0.6 is 11.3 Å². The van der Waals surface area contributed by atoms with Crippen LogP contribution in [-0.4, -0.2) is 22.5 Å². The van der Waals surface area contributed by atoms with Crippen LogP contribution in [0.3, 0.4) is 0 Å². The second kappa shape index (κ2) is 4.35. The molecule has 0 spiro atoms. The Morgan fingerprint density at radius 1 is 1.32 bits per heavy atom. The highest BCUT2D eigenvalue weighted by Gasteiger charge is 2.51. The molecule has 0 bridgehead atoms. The maximum atomic E-state index is 11.9. The molecule has 2 aromatic rings. The van der Waals surface area contributed by atoms with Crippen LogP contribution in [0, 0.1) is 0 Å². The summed E-state index contributed by atoms with van der Waals surface area (Å²) in [6.45, 7) is 0. The molecule has 1 fully saturated rings. The maximum Gasteiger partial charge on any atom is 0.329 e. The van der Waals surface area contributed by atoms with Crippen molar-refractivity contribution in [3.05, 3.63) is 35.2 Å². The molecule has 1 amide bonds. The fourth-order valence-electron chi connectivity index (χ4n) is 2.17. The Balaban J connectivity index is 1.75. The van der Waals surface area contributed by atoms with Crippen LogP contribution in [0.25, 0.3) is 10.1 Å². The van der Waals surface area contributed by atoms with Crippen molar-refractivity contribution in [2.24, 2.45) is 0 Å². The smallest absolute Gasteiger partial charge is 0.329 e. The van der Waals surface area contributed by atoms with Gasteiger partial charge >= 0.3 is 5.97 Å². The van der Waals surface area contributed by atoms with Crippen LogP contribution in [0.15, 0.2) is 29.6 Å². The zero-order valence-corrected chi connectivity index (χ0v) is 11.0. The number of fused-ring (bicyclic) bond motifs is 1. The molecular formula is C14H13NO3S. The summed E-state index contributed by atoms with van der Waals surface area (Å²) in [5.41, 5.74) is -0.0394. The quantitative estimate of drug-likeness (QED) is 0.898. The molecule has 0 unspecified atom stereocenters. The number of hydrogen-bond acceptors (Lipinski definition) is 3. The average molecular weight is 275 g/mol. The second-order valence-corrected chi connectivity index (χ2v) is 5.78. The molecule has 0 radical (unpaired) electrons. The number of aliphatic carboxylic acids is 1. The molecule has 2 N–H and O–H groups in total. The van der Waals surface area contributed by atoms with Crippen LogP contribution < -0.4 is 5.32 Å². The van der Waals surface area contributed by atoms with Crippen molar-refractivity contribution < 1.29 is 14.7 Å². The van der Waals surface area contributed by atoms with Crippen molar-refractivity contribution >= 4 is 33.3 Å². The largest absolute Gasteiger partial charge is 0.480 e. The summed E-state index contributed by atoms with van der Waals surface area (Å²) in [7, 11) is 0. The molecule has 1 aromatic carbocycles. The Morgan fingerprint density at radius 3 is 2.74 bits per heavy atom. The number of nitrogens with one attached hydrogen (secondary N) is 1. The fourth-order valence-corrected chi connectivity index (χ4v) is 3.13. The molecule has 0 atom stereocenters. The zero-order valence-electron chi connectivity index (χ0n) is 10.2. The van der Waals surface area contributed by atoms with E-state index in [1.807, 2.05) is 29.6 Å². The number of benzene rings is 1. The SMILES string of the molecule is O=C(Cc1csc2ccccc12)NC1(C(=O)O)CC1. The average Bonchev–Trinajstić information content (AvgIpc) is 3.06. The van der Waals surface area contributed by atoms with E-state index in [9.17, 15) is 9.59 Å². The van der Waals surface area contributed by atoms with E-state index >= 15 is 0 Å². The first-order valence-corrected chi connectivity index (χ1v) is 6.98. The predicted molar refractivity (Wildman–Crippen MR) is 73.3 cm³/mol. The van der Waals surface area contributed by atoms with Gasteiger partial charge in [0.2, 0.25) is 5.91 Å². The highest BCUT2D eigenvalue weighted by molar-refractivity contribution is 7.17. The predicted octanol–water partition coefficient (Wildman–Crippen LogP) is 2.18. The topological polar surface area (TPSA) is 66.4 Å². The lowest BCUT2D eigenvalue weighted by Crippen LogP contribution is -2.43. The van der Waals surface area contributed by atoms with Gasteiger partial charge in [0.25, 0.3) is 0 Å². The van der Waals surface area contributed by atoms with Crippen molar-refractivity contribution in [3.63, 3.8) is 0 Å². The molecular weight excluding hydrogens is 262 g/mol. The van der Waals surface area contributed by atoms with E-state index in [0.717, 1.165) is 15.6 Å². The minimum Gasteiger partial charge on any atom is -0.480 e. The molecule has 98 valence electrons. The van der Waals surface area contributed by atoms with Gasteiger partial charge in [-0.2, -0.15) is 0 Å². The number of carbonyl (C=O) groups is 2. The van der Waals surface area contributed by atoms with Crippen LogP contribution in [0.4, 0.5) is 0 Å². The van der Waals surface area contributed by atoms with Crippen molar-refractivity contribution in [2.45, 2.75) is 24.8 Å². The van der Waals surface area contributed by atoms with E-state index in [2.05, 4.69) is 5.32 Å². The first-order chi connectivity index (χ1) is 9.11. The van der Waals surface area contributed by atoms with Gasteiger partial charge in [0.15, 0.2) is 0 Å². The van der Waals surface area contributed by atoms with Gasteiger partial charge in [-0.15, -0.1) is 11.3 Å². The van der Waals surface area contributed by atoms with E-state index in [1.54, 1.807) is 11.3 Å². The highest BCUT2D eigenvalue weighted by atomic mass is 32.1. The summed E-state index contributed by atoms with van der Waals surface area (Å²) in [5, 5.41) is 14.7. The number of carbonyl (C=O) groups excluding carboxylic acids is 1. The van der Waals surface area contributed by atoms with Crippen molar-refractivity contribution in [1.29, 1.82) is 0 Å². The number of thiophene rings is 1. The number of carboxylic acid groups (broad SMARTS) is 1. The number of hydrogen-bond donors (Lipinski definition) is 2. The first kappa shape index (κ1) is 12.2. The Kier molecular flexibility index (Phi) is 2.78. The van der Waals surface area contributed by atoms with Gasteiger partial charge < -0.3 is 10.4 Å². The van der Waals surface area contributed by atoms with Crippen LogP contribution in [0.1, 0.15) is 18.4 Å². The lowest BCUT2D eigenvalue weighted by molar-refractivity contribution is -0.143. The number of rotatable bonds is 4. The minimum atomic E-state index is -0.997. The van der Waals surface area contributed by atoms with Gasteiger partial charge in [-0.3, -0.25) is 4.79 Å². The Labute approximate surface area is 114 Å². The maximum absolute atomic E-state index is 11.9. The molecule has 1 aliphatic carbocycles. The van der Waals surface area contributed by atoms with Crippen molar-refractivity contribution in [2.75, 3.05) is 0 Å². The second-order valence-electron chi connectivity index (χ2n) is 4.87. The monoisotopic (exact) mass is 275 g/mol. The lowest BCUT2D eigenvalue weighted by atomic mass is 10.1. The van der Waals surface area contributed by atoms with Gasteiger partial charge in [0.05, 0.1) is 6.42 Å². The van der Waals surface area contributed by atoms with Crippen molar-refractivity contribution in [3.8, 4) is 0 Å². The van der Waals surface area contributed by atoms with Gasteiger partial charge in [-0.1, -0.05) is 18.2 Å². The standard InChI is InChI=1S/C14H13NO3S/c16-12(15-14(5-6-14)13(17)18)7-9-8-19-11-4-2-1-3-10(9)11/h1-4,8H,5-7H2,(H,15,16)(H,17,18). The Hall–Kier alpha value is -1.88. The third-order valence-electron chi connectivity index (χ3n) is 3.45. The van der Waals surface area contributed by atoms with Gasteiger partial charge in [0.1, 0.15) is 5.54 Å². The van der Waals surface area contributed by atoms with E-state index in [1.165, 1.54) is 0 Å². The zero-order chi connectivity index (χ0) is 13.5. The van der Waals surface area contributed by atoms with Crippen LogP contribution in [-0.2, 0) is 16.0 Å². The van der Waals surface area contributed by atoms with Crippen molar-refractivity contribution in [1.82, 2.24) is 5.32 Å². The summed E-state index contributed by atoms with van der Waals surface area (Å²) in [6.07, 6.45) is 1.29.